The van der Waals surface area contributed by atoms with Crippen LogP contribution in [0.25, 0.3) is 21.9 Å². The van der Waals surface area contributed by atoms with E-state index in [1.54, 1.807) is 43.3 Å². The Labute approximate surface area is 200 Å². The van der Waals surface area contributed by atoms with Crippen molar-refractivity contribution in [3.63, 3.8) is 0 Å². The second kappa shape index (κ2) is 10.2. The third-order valence-electron chi connectivity index (χ3n) is 5.10. The molecule has 0 unspecified atom stereocenters. The molecule has 9 heteroatoms. The lowest BCUT2D eigenvalue weighted by molar-refractivity contribution is -0.123. The normalized spacial score (nSPS) is 10.6. The Kier molecular flexibility index (Phi) is 6.89. The van der Waals surface area contributed by atoms with E-state index in [2.05, 4.69) is 16.0 Å². The van der Waals surface area contributed by atoms with E-state index in [4.69, 9.17) is 16.3 Å². The second-order valence-corrected chi connectivity index (χ2v) is 7.72. The molecular weight excluding hydrogens is 456 g/mol. The molecule has 2 N–H and O–H groups in total. The summed E-state index contributed by atoms with van der Waals surface area (Å²) in [5, 5.41) is 5.25. The highest BCUT2D eigenvalue weighted by Gasteiger charge is 2.17. The zero-order valence-corrected chi connectivity index (χ0v) is 19.0. The van der Waals surface area contributed by atoms with Crippen LogP contribution < -0.4 is 21.1 Å². The lowest BCUT2D eigenvalue weighted by Crippen LogP contribution is -2.44. The van der Waals surface area contributed by atoms with Gasteiger partial charge in [0.1, 0.15) is 5.75 Å². The number of hydrogen-bond acceptors (Lipinski definition) is 5. The van der Waals surface area contributed by atoms with E-state index in [9.17, 15) is 14.4 Å². The average molecular weight is 477 g/mol. The summed E-state index contributed by atoms with van der Waals surface area (Å²) in [5.74, 6) is -0.910. The Morgan fingerprint density at radius 2 is 1.65 bits per heavy atom. The summed E-state index contributed by atoms with van der Waals surface area (Å²) in [5.41, 5.74) is 6.27. The van der Waals surface area contributed by atoms with Crippen molar-refractivity contribution in [2.75, 3.05) is 6.61 Å². The molecule has 0 aliphatic rings. The molecule has 4 aromatic rings. The minimum absolute atomic E-state index is 0.0258. The van der Waals surface area contributed by atoms with E-state index in [-0.39, 0.29) is 17.9 Å². The second-order valence-electron chi connectivity index (χ2n) is 7.32. The summed E-state index contributed by atoms with van der Waals surface area (Å²) in [7, 11) is 0. The van der Waals surface area contributed by atoms with Crippen LogP contribution in [0.2, 0.25) is 5.02 Å². The maximum absolute atomic E-state index is 12.7. The maximum Gasteiger partial charge on any atom is 0.290 e. The fourth-order valence-electron chi connectivity index (χ4n) is 3.41. The first-order chi connectivity index (χ1) is 16.5. The Bertz CT molecular complexity index is 1420. The fraction of sp³-hybridized carbons (Fsp3) is 0.120. The van der Waals surface area contributed by atoms with Gasteiger partial charge in [-0.05, 0) is 36.2 Å². The molecule has 0 radical (unpaired) electrons. The highest BCUT2D eigenvalue weighted by atomic mass is 35.5. The summed E-state index contributed by atoms with van der Waals surface area (Å²) >= 11 is 6.30. The molecular formula is C25H21ClN4O4. The van der Waals surface area contributed by atoms with Gasteiger partial charge in [0.15, 0.2) is 12.3 Å². The van der Waals surface area contributed by atoms with Gasteiger partial charge in [-0.2, -0.15) is 5.10 Å². The Morgan fingerprint density at radius 3 is 2.35 bits per heavy atom. The summed E-state index contributed by atoms with van der Waals surface area (Å²) in [6, 6.07) is 21.7. The van der Waals surface area contributed by atoms with Gasteiger partial charge in [0.05, 0.1) is 10.4 Å². The maximum atomic E-state index is 12.7. The number of carbonyl (C=O) groups excluding carboxylic acids is 2. The smallest absolute Gasteiger partial charge is 0.290 e. The van der Waals surface area contributed by atoms with E-state index in [1.165, 1.54) is 4.68 Å². The number of nitrogens with zero attached hydrogens (tertiary/aromatic N) is 2. The number of rotatable bonds is 6. The van der Waals surface area contributed by atoms with E-state index < -0.39 is 11.8 Å². The number of hydrogen-bond donors (Lipinski definition) is 2. The highest BCUT2D eigenvalue weighted by Crippen LogP contribution is 2.30. The summed E-state index contributed by atoms with van der Waals surface area (Å²) in [6.45, 7) is 1.68. The number of amides is 2. The number of halogens is 1. The SMILES string of the molecule is CCn1nc(C(=O)NNC(=O)COc2ccc(-c3ccccc3)cc2Cl)c2ccccc2c1=O. The van der Waals surface area contributed by atoms with Crippen LogP contribution in [0, 0.1) is 0 Å². The van der Waals surface area contributed by atoms with Crippen LogP contribution in [0.3, 0.4) is 0 Å². The molecule has 1 aromatic heterocycles. The molecule has 0 aliphatic heterocycles. The van der Waals surface area contributed by atoms with Gasteiger partial charge in [-0.25, -0.2) is 4.68 Å². The number of carbonyl (C=O) groups is 2. The average Bonchev–Trinajstić information content (AvgIpc) is 2.87. The molecule has 0 spiro atoms. The topological polar surface area (TPSA) is 102 Å². The molecule has 1 heterocycles. The summed E-state index contributed by atoms with van der Waals surface area (Å²) in [6.07, 6.45) is 0. The van der Waals surface area contributed by atoms with Crippen molar-refractivity contribution >= 4 is 34.2 Å². The molecule has 0 saturated carbocycles. The molecule has 0 saturated heterocycles. The molecule has 4 rings (SSSR count). The number of aryl methyl sites for hydroxylation is 1. The number of hydrazine groups is 1. The van der Waals surface area contributed by atoms with Gasteiger partial charge < -0.3 is 4.74 Å². The number of aromatic nitrogens is 2. The van der Waals surface area contributed by atoms with Crippen molar-refractivity contribution in [2.45, 2.75) is 13.5 Å². The van der Waals surface area contributed by atoms with Crippen LogP contribution in [0.5, 0.6) is 5.75 Å². The molecule has 0 bridgehead atoms. The van der Waals surface area contributed by atoms with E-state index in [1.807, 2.05) is 36.4 Å². The van der Waals surface area contributed by atoms with Gasteiger partial charge >= 0.3 is 0 Å². The number of nitrogens with one attached hydrogen (secondary N) is 2. The van der Waals surface area contributed by atoms with Crippen molar-refractivity contribution in [1.29, 1.82) is 0 Å². The van der Waals surface area contributed by atoms with Crippen LogP contribution in [0.4, 0.5) is 0 Å². The van der Waals surface area contributed by atoms with Gasteiger partial charge in [-0.15, -0.1) is 0 Å². The predicted octanol–water partition coefficient (Wildman–Crippen LogP) is 3.58. The van der Waals surface area contributed by atoms with E-state index in [0.717, 1.165) is 11.1 Å². The van der Waals surface area contributed by atoms with Gasteiger partial charge in [0, 0.05) is 11.9 Å². The van der Waals surface area contributed by atoms with Crippen molar-refractivity contribution in [2.24, 2.45) is 0 Å². The van der Waals surface area contributed by atoms with Crippen LogP contribution in [-0.4, -0.2) is 28.2 Å². The molecule has 0 atom stereocenters. The number of fused-ring (bicyclic) bond motifs is 1. The Morgan fingerprint density at radius 1 is 0.941 bits per heavy atom. The lowest BCUT2D eigenvalue weighted by atomic mass is 10.1. The molecule has 8 nitrogen and oxygen atoms in total. The van der Waals surface area contributed by atoms with Crippen molar-refractivity contribution in [1.82, 2.24) is 20.6 Å². The monoisotopic (exact) mass is 476 g/mol. The van der Waals surface area contributed by atoms with Crippen LogP contribution in [0.15, 0.2) is 77.6 Å². The summed E-state index contributed by atoms with van der Waals surface area (Å²) in [4.78, 5) is 37.3. The van der Waals surface area contributed by atoms with Gasteiger partial charge in [-0.1, -0.05) is 66.2 Å². The first kappa shape index (κ1) is 23.0. The first-order valence-corrected chi connectivity index (χ1v) is 10.9. The zero-order chi connectivity index (χ0) is 24.1. The first-order valence-electron chi connectivity index (χ1n) is 10.5. The molecule has 3 aromatic carbocycles. The zero-order valence-electron chi connectivity index (χ0n) is 18.2. The molecule has 172 valence electrons. The fourth-order valence-corrected chi connectivity index (χ4v) is 3.65. The predicted molar refractivity (Wildman–Crippen MR) is 130 cm³/mol. The van der Waals surface area contributed by atoms with E-state index >= 15 is 0 Å². The molecule has 0 aliphatic carbocycles. The third kappa shape index (κ3) is 4.92. The Balaban J connectivity index is 1.39. The minimum Gasteiger partial charge on any atom is -0.482 e. The van der Waals surface area contributed by atoms with Crippen LogP contribution in [0.1, 0.15) is 17.4 Å². The van der Waals surface area contributed by atoms with Gasteiger partial charge in [0.25, 0.3) is 17.4 Å². The van der Waals surface area contributed by atoms with Gasteiger partial charge in [-0.3, -0.25) is 25.2 Å². The van der Waals surface area contributed by atoms with E-state index in [0.29, 0.717) is 28.1 Å². The third-order valence-corrected chi connectivity index (χ3v) is 5.39. The van der Waals surface area contributed by atoms with Gasteiger partial charge in [0.2, 0.25) is 0 Å². The molecule has 0 fully saturated rings. The summed E-state index contributed by atoms with van der Waals surface area (Å²) < 4.78 is 6.69. The molecule has 34 heavy (non-hydrogen) atoms. The van der Waals surface area contributed by atoms with Crippen molar-refractivity contribution in [3.05, 3.63) is 93.9 Å². The number of benzene rings is 3. The molecule has 2 amide bonds. The van der Waals surface area contributed by atoms with Crippen LogP contribution >= 0.6 is 11.6 Å². The lowest BCUT2D eigenvalue weighted by Gasteiger charge is -2.12. The number of ether oxygens (including phenoxy) is 1. The Hall–Kier alpha value is -4.17. The van der Waals surface area contributed by atoms with Crippen molar-refractivity contribution in [3.8, 4) is 16.9 Å². The highest BCUT2D eigenvalue weighted by molar-refractivity contribution is 6.32. The largest absolute Gasteiger partial charge is 0.482 e. The quantitative estimate of drug-likeness (QED) is 0.414. The van der Waals surface area contributed by atoms with Crippen molar-refractivity contribution < 1.29 is 14.3 Å². The minimum atomic E-state index is -0.656. The van der Waals surface area contributed by atoms with Crippen LogP contribution in [-0.2, 0) is 11.3 Å². The standard InChI is InChI=1S/C25H21ClN4O4/c1-2-30-25(33)19-11-7-6-10-18(19)23(29-30)24(32)28-27-22(31)15-34-21-13-12-17(14-20(21)26)16-8-4-3-5-9-16/h3-14H,2,15H2,1H3,(H,27,31)(H,28,32).